The minimum absolute atomic E-state index is 0.608. The highest BCUT2D eigenvalue weighted by Crippen LogP contribution is 2.53. The van der Waals surface area contributed by atoms with Gasteiger partial charge in [-0.15, -0.1) is 0 Å². The third-order valence-electron chi connectivity index (χ3n) is 13.2. The summed E-state index contributed by atoms with van der Waals surface area (Å²) in [5.41, 5.74) is 7.51. The fraction of sp³-hybridized carbons (Fsp3) is 0.100. The molecule has 0 atom stereocenters. The molecule has 0 amide bonds. The van der Waals surface area contributed by atoms with Crippen molar-refractivity contribution in [3.63, 3.8) is 0 Å². The molecule has 0 fully saturated rings. The van der Waals surface area contributed by atoms with Crippen molar-refractivity contribution in [1.29, 1.82) is 0 Å². The number of methoxy groups -OCH3 is 4. The molecule has 1 aliphatic carbocycles. The summed E-state index contributed by atoms with van der Waals surface area (Å²) in [6.45, 7) is 0. The molecule has 0 radical (unpaired) electrons. The van der Waals surface area contributed by atoms with Crippen LogP contribution in [0.1, 0.15) is 23.1 Å². The molecule has 9 aromatic rings. The molecule has 0 aromatic heterocycles. The average molecular weight is 929 g/mol. The fourth-order valence-corrected chi connectivity index (χ4v) is 15.7. The van der Waals surface area contributed by atoms with Gasteiger partial charge in [0.15, 0.2) is 37.3 Å². The lowest BCUT2D eigenvalue weighted by molar-refractivity contribution is 0.355. The largest absolute Gasteiger partial charge is 0.493 e. The fourth-order valence-electron chi connectivity index (χ4n) is 9.97. The maximum Gasteiger partial charge on any atom is 0.171 e. The Labute approximate surface area is 398 Å². The minimum atomic E-state index is -3.71. The Morgan fingerprint density at radius 3 is 1.34 bits per heavy atom. The zero-order valence-corrected chi connectivity index (χ0v) is 40.2. The van der Waals surface area contributed by atoms with Gasteiger partial charge in [0, 0.05) is 37.4 Å². The molecule has 9 aromatic carbocycles. The van der Waals surface area contributed by atoms with E-state index in [0.29, 0.717) is 67.7 Å². The lowest BCUT2D eigenvalue weighted by atomic mass is 9.81. The second-order valence-corrected chi connectivity index (χ2v) is 22.2. The summed E-state index contributed by atoms with van der Waals surface area (Å²) < 4.78 is 57.2. The van der Waals surface area contributed by atoms with Crippen molar-refractivity contribution in [2.45, 2.75) is 12.8 Å². The van der Waals surface area contributed by atoms with Crippen LogP contribution in [0.25, 0.3) is 38.6 Å². The van der Waals surface area contributed by atoms with Gasteiger partial charge in [-0.3, -0.25) is 0 Å². The summed E-state index contributed by atoms with van der Waals surface area (Å²) >= 11 is 0. The smallest absolute Gasteiger partial charge is 0.171 e. The van der Waals surface area contributed by atoms with Crippen LogP contribution in [0.5, 0.6) is 23.0 Å². The third kappa shape index (κ3) is 7.55. The molecule has 0 aliphatic heterocycles. The Kier molecular flexibility index (Phi) is 12.3. The number of hydrogen-bond acceptors (Lipinski definition) is 6. The Hall–Kier alpha value is -7.36. The van der Waals surface area contributed by atoms with E-state index in [1.54, 1.807) is 28.4 Å². The van der Waals surface area contributed by atoms with Crippen LogP contribution < -0.4 is 50.8 Å². The summed E-state index contributed by atoms with van der Waals surface area (Å²) in [4.78, 5) is 0. The minimum Gasteiger partial charge on any atom is -0.493 e. The average Bonchev–Trinajstić information content (AvgIpc) is 3.42. The van der Waals surface area contributed by atoms with E-state index in [4.69, 9.17) is 18.9 Å². The first-order chi connectivity index (χ1) is 33.3. The van der Waals surface area contributed by atoms with Gasteiger partial charge < -0.3 is 28.1 Å². The van der Waals surface area contributed by atoms with Crippen molar-refractivity contribution in [2.24, 2.45) is 0 Å². The molecule has 68 heavy (non-hydrogen) atoms. The van der Waals surface area contributed by atoms with E-state index < -0.39 is 14.3 Å². The van der Waals surface area contributed by atoms with Crippen molar-refractivity contribution in [3.8, 4) is 45.3 Å². The van der Waals surface area contributed by atoms with E-state index in [1.807, 2.05) is 152 Å². The molecule has 0 bridgehead atoms. The summed E-state index contributed by atoms with van der Waals surface area (Å²) in [6.07, 6.45) is 3.63. The van der Waals surface area contributed by atoms with Crippen molar-refractivity contribution in [1.82, 2.24) is 0 Å². The van der Waals surface area contributed by atoms with E-state index in [2.05, 4.69) is 54.6 Å². The van der Waals surface area contributed by atoms with Gasteiger partial charge in [0.2, 0.25) is 0 Å². The molecule has 6 nitrogen and oxygen atoms in total. The monoisotopic (exact) mass is 928 g/mol. The van der Waals surface area contributed by atoms with Crippen molar-refractivity contribution >= 4 is 62.5 Å². The zero-order valence-electron chi connectivity index (χ0n) is 38.4. The standard InChI is InChI=1S/C60H50O6P2/c1-63-53-35-31-41(39-55(53)65-3)47-27-17-29-51-49(47)33-37-57(67(61,43-19-9-5-10-20-43)44-21-11-6-12-22-44)59(51)60-52-30-18-28-48(42-32-36-54(64-2)56(40-42)66-4)50(52)34-38-58(60)68(62,45-23-13-7-14-24-45)46-25-15-8-16-26-46/h5-17,19-29,31-40H,18,30H2,1-4H3. The van der Waals surface area contributed by atoms with Gasteiger partial charge in [-0.25, -0.2) is 0 Å². The maximum atomic E-state index is 17.1. The van der Waals surface area contributed by atoms with Crippen molar-refractivity contribution < 1.29 is 28.1 Å². The summed E-state index contributed by atoms with van der Waals surface area (Å²) in [5, 5.41) is 5.99. The second kappa shape index (κ2) is 18.7. The molecule has 8 heteroatoms. The Morgan fingerprint density at radius 1 is 0.382 bits per heavy atom. The van der Waals surface area contributed by atoms with Gasteiger partial charge in [-0.1, -0.05) is 170 Å². The summed E-state index contributed by atoms with van der Waals surface area (Å²) in [7, 11) is -0.849. The Balaban J connectivity index is 1.40. The first-order valence-corrected chi connectivity index (χ1v) is 26.1. The number of ether oxygens (including phenoxy) is 4. The van der Waals surface area contributed by atoms with Gasteiger partial charge in [-0.05, 0) is 99.0 Å². The molecule has 0 saturated heterocycles. The zero-order chi connectivity index (χ0) is 46.8. The highest BCUT2D eigenvalue weighted by molar-refractivity contribution is 7.86. The number of hydrogen-bond donors (Lipinski definition) is 0. The van der Waals surface area contributed by atoms with Crippen LogP contribution in [0.3, 0.4) is 0 Å². The summed E-state index contributed by atoms with van der Waals surface area (Å²) in [6, 6.07) is 65.9. The molecule has 336 valence electrons. The maximum absolute atomic E-state index is 17.1. The number of rotatable bonds is 13. The van der Waals surface area contributed by atoms with E-state index in [0.717, 1.165) is 55.3 Å². The third-order valence-corrected chi connectivity index (χ3v) is 19.4. The molecular weight excluding hydrogens is 879 g/mol. The normalized spacial score (nSPS) is 12.5. The number of allylic oxidation sites excluding steroid dienone is 1. The SMILES string of the molecule is COc1ccc(C2=CCCc3c2ccc(P(=O)(c2ccccc2)c2ccccc2)c3-c2c(P(=O)(c3ccccc3)c3ccccc3)ccc3c(-c4ccc(OC)c(OC)c4)cccc23)cc1OC. The first kappa shape index (κ1) is 44.5. The van der Waals surface area contributed by atoms with Crippen LogP contribution >= 0.6 is 14.3 Å². The molecule has 0 spiro atoms. The van der Waals surface area contributed by atoms with Gasteiger partial charge >= 0.3 is 0 Å². The molecular formula is C60H50O6P2. The Morgan fingerprint density at radius 2 is 0.838 bits per heavy atom. The van der Waals surface area contributed by atoms with Crippen LogP contribution in [0.2, 0.25) is 0 Å². The molecule has 1 aliphatic rings. The van der Waals surface area contributed by atoms with Crippen molar-refractivity contribution in [2.75, 3.05) is 28.4 Å². The van der Waals surface area contributed by atoms with Gasteiger partial charge in [0.25, 0.3) is 0 Å². The lowest BCUT2D eigenvalue weighted by Gasteiger charge is -2.31. The van der Waals surface area contributed by atoms with Crippen LogP contribution in [0.4, 0.5) is 0 Å². The summed E-state index contributed by atoms with van der Waals surface area (Å²) in [5.74, 6) is 2.50. The van der Waals surface area contributed by atoms with Crippen LogP contribution in [-0.2, 0) is 15.6 Å². The van der Waals surface area contributed by atoms with Crippen molar-refractivity contribution in [3.05, 3.63) is 223 Å². The molecule has 0 unspecified atom stereocenters. The number of benzene rings is 9. The van der Waals surface area contributed by atoms with E-state index in [1.165, 1.54) is 0 Å². The highest BCUT2D eigenvalue weighted by Gasteiger charge is 2.39. The second-order valence-electron chi connectivity index (χ2n) is 16.7. The molecule has 0 heterocycles. The Bertz CT molecular complexity index is 3360. The molecule has 10 rings (SSSR count). The quantitative estimate of drug-likeness (QED) is 0.107. The van der Waals surface area contributed by atoms with E-state index in [-0.39, 0.29) is 0 Å². The van der Waals surface area contributed by atoms with E-state index >= 15 is 9.13 Å². The van der Waals surface area contributed by atoms with Crippen LogP contribution in [0.15, 0.2) is 206 Å². The topological polar surface area (TPSA) is 71.1 Å². The predicted molar refractivity (Wildman–Crippen MR) is 282 cm³/mol. The number of fused-ring (bicyclic) bond motifs is 2. The molecule has 0 N–H and O–H groups in total. The van der Waals surface area contributed by atoms with Crippen LogP contribution in [-0.4, -0.2) is 28.4 Å². The molecule has 0 saturated carbocycles. The van der Waals surface area contributed by atoms with Gasteiger partial charge in [0.05, 0.1) is 28.4 Å². The van der Waals surface area contributed by atoms with Gasteiger partial charge in [-0.2, -0.15) is 0 Å². The lowest BCUT2D eigenvalue weighted by Crippen LogP contribution is -2.31. The van der Waals surface area contributed by atoms with E-state index in [9.17, 15) is 0 Å². The van der Waals surface area contributed by atoms with Gasteiger partial charge in [0.1, 0.15) is 0 Å². The van der Waals surface area contributed by atoms with Crippen LogP contribution in [0, 0.1) is 0 Å². The first-order valence-electron chi connectivity index (χ1n) is 22.6. The highest BCUT2D eigenvalue weighted by atomic mass is 31.2. The predicted octanol–water partition coefficient (Wildman–Crippen LogP) is 11.9.